The first-order valence-electron chi connectivity index (χ1n) is 9.77. The molecule has 7 nitrogen and oxygen atoms in total. The summed E-state index contributed by atoms with van der Waals surface area (Å²) in [6.45, 7) is 1.25. The molecule has 0 aliphatic carbocycles. The smallest absolute Gasteiger partial charge is 0.191 e. The Bertz CT molecular complexity index is 1040. The first-order valence-corrected chi connectivity index (χ1v) is 9.77. The zero-order valence-electron chi connectivity index (χ0n) is 18.6. The van der Waals surface area contributed by atoms with E-state index >= 15 is 0 Å². The van der Waals surface area contributed by atoms with Gasteiger partial charge in [0, 0.05) is 39.6 Å². The van der Waals surface area contributed by atoms with Crippen LogP contribution >= 0.6 is 24.0 Å². The van der Waals surface area contributed by atoms with Gasteiger partial charge in [-0.1, -0.05) is 24.3 Å². The Labute approximate surface area is 200 Å². The Morgan fingerprint density at radius 2 is 1.68 bits per heavy atom. The largest absolute Gasteiger partial charge is 0.493 e. The summed E-state index contributed by atoms with van der Waals surface area (Å²) in [5, 5.41) is 7.88. The van der Waals surface area contributed by atoms with E-state index in [2.05, 4.69) is 27.8 Å². The topological polar surface area (TPSA) is 71.0 Å². The van der Waals surface area contributed by atoms with Crippen LogP contribution in [0.4, 0.5) is 5.82 Å². The molecule has 31 heavy (non-hydrogen) atoms. The van der Waals surface area contributed by atoms with E-state index in [-0.39, 0.29) is 24.0 Å². The highest BCUT2D eigenvalue weighted by Crippen LogP contribution is 2.27. The average Bonchev–Trinajstić information content (AvgIpc) is 2.78. The van der Waals surface area contributed by atoms with Gasteiger partial charge in [-0.05, 0) is 35.4 Å². The van der Waals surface area contributed by atoms with E-state index in [0.717, 1.165) is 28.2 Å². The summed E-state index contributed by atoms with van der Waals surface area (Å²) in [6.07, 6.45) is 0. The van der Waals surface area contributed by atoms with Crippen molar-refractivity contribution in [3.8, 4) is 11.5 Å². The van der Waals surface area contributed by atoms with E-state index in [1.54, 1.807) is 21.3 Å². The van der Waals surface area contributed by atoms with Crippen molar-refractivity contribution in [2.24, 2.45) is 4.99 Å². The van der Waals surface area contributed by atoms with Gasteiger partial charge < -0.3 is 25.0 Å². The highest BCUT2D eigenvalue weighted by Gasteiger charge is 2.09. The minimum absolute atomic E-state index is 0. The van der Waals surface area contributed by atoms with E-state index < -0.39 is 0 Å². The molecule has 0 aliphatic heterocycles. The van der Waals surface area contributed by atoms with Gasteiger partial charge in [-0.15, -0.1) is 24.0 Å². The van der Waals surface area contributed by atoms with Gasteiger partial charge in [-0.3, -0.25) is 4.99 Å². The summed E-state index contributed by atoms with van der Waals surface area (Å²) in [4.78, 5) is 11.1. The van der Waals surface area contributed by atoms with Crippen LogP contribution in [0.5, 0.6) is 11.5 Å². The van der Waals surface area contributed by atoms with Crippen molar-refractivity contribution in [3.63, 3.8) is 0 Å². The number of aliphatic imine (C=N–C) groups is 1. The number of anilines is 1. The predicted molar refractivity (Wildman–Crippen MR) is 138 cm³/mol. The molecule has 8 heteroatoms. The van der Waals surface area contributed by atoms with E-state index in [4.69, 9.17) is 14.5 Å². The highest BCUT2D eigenvalue weighted by molar-refractivity contribution is 14.0. The van der Waals surface area contributed by atoms with Crippen molar-refractivity contribution < 1.29 is 9.47 Å². The van der Waals surface area contributed by atoms with Gasteiger partial charge in [0.15, 0.2) is 17.5 Å². The highest BCUT2D eigenvalue weighted by atomic mass is 127. The summed E-state index contributed by atoms with van der Waals surface area (Å²) in [7, 11) is 9.03. The second-order valence-electron chi connectivity index (χ2n) is 7.02. The molecular weight excluding hydrogens is 505 g/mol. The van der Waals surface area contributed by atoms with Crippen LogP contribution in [0.3, 0.4) is 0 Å². The molecule has 166 valence electrons. The third kappa shape index (κ3) is 6.13. The molecule has 0 saturated heterocycles. The molecule has 0 unspecified atom stereocenters. The lowest BCUT2D eigenvalue weighted by molar-refractivity contribution is 0.354. The molecule has 0 radical (unpaired) electrons. The maximum absolute atomic E-state index is 5.38. The molecule has 3 rings (SSSR count). The number of hydrogen-bond acceptors (Lipinski definition) is 5. The number of halogens is 1. The molecular formula is C23H30IN5O2. The Balaban J connectivity index is 0.00000341. The summed E-state index contributed by atoms with van der Waals surface area (Å²) in [6, 6.07) is 16.1. The number of para-hydroxylation sites is 1. The molecule has 0 atom stereocenters. The van der Waals surface area contributed by atoms with E-state index in [9.17, 15) is 0 Å². The van der Waals surface area contributed by atoms with Gasteiger partial charge in [0.2, 0.25) is 0 Å². The first-order chi connectivity index (χ1) is 14.5. The van der Waals surface area contributed by atoms with Crippen LogP contribution in [0, 0.1) is 0 Å². The third-order valence-corrected chi connectivity index (χ3v) is 4.82. The number of methoxy groups -OCH3 is 2. The zero-order chi connectivity index (χ0) is 21.5. The Morgan fingerprint density at radius 1 is 0.968 bits per heavy atom. The molecule has 3 aromatic rings. The van der Waals surface area contributed by atoms with Gasteiger partial charge in [0.25, 0.3) is 0 Å². The number of nitrogens with zero attached hydrogens (tertiary/aromatic N) is 3. The number of benzene rings is 2. The Kier molecular flexibility index (Phi) is 9.17. The van der Waals surface area contributed by atoms with Crippen LogP contribution in [0.15, 0.2) is 53.5 Å². The third-order valence-electron chi connectivity index (χ3n) is 4.82. The van der Waals surface area contributed by atoms with Gasteiger partial charge in [-0.2, -0.15) is 0 Å². The Hall–Kier alpha value is -2.75. The van der Waals surface area contributed by atoms with Crippen LogP contribution in [0.1, 0.15) is 11.1 Å². The van der Waals surface area contributed by atoms with E-state index in [0.29, 0.717) is 24.6 Å². The number of hydrogen-bond donors (Lipinski definition) is 2. The van der Waals surface area contributed by atoms with Crippen molar-refractivity contribution in [1.29, 1.82) is 0 Å². The van der Waals surface area contributed by atoms with E-state index in [1.807, 2.05) is 55.4 Å². The second-order valence-corrected chi connectivity index (χ2v) is 7.02. The van der Waals surface area contributed by atoms with Crippen LogP contribution in [-0.4, -0.2) is 46.3 Å². The van der Waals surface area contributed by atoms with Crippen molar-refractivity contribution in [2.45, 2.75) is 13.1 Å². The number of aromatic nitrogens is 1. The van der Waals surface area contributed by atoms with Crippen molar-refractivity contribution in [2.75, 3.05) is 40.3 Å². The normalized spacial score (nSPS) is 10.9. The number of pyridine rings is 1. The molecule has 0 saturated carbocycles. The van der Waals surface area contributed by atoms with Crippen LogP contribution in [0.2, 0.25) is 0 Å². The lowest BCUT2D eigenvalue weighted by Crippen LogP contribution is -2.36. The fourth-order valence-electron chi connectivity index (χ4n) is 3.18. The minimum atomic E-state index is 0. The lowest BCUT2D eigenvalue weighted by atomic mass is 10.1. The first kappa shape index (κ1) is 24.5. The van der Waals surface area contributed by atoms with Crippen molar-refractivity contribution in [1.82, 2.24) is 15.6 Å². The molecule has 2 aromatic carbocycles. The molecule has 0 bridgehead atoms. The standard InChI is InChI=1S/C23H29N5O2.HI/c1-24-23(25-14-16-10-11-20(29-4)21(12-16)30-5)26-15-17-13-22(28(2)3)27-19-9-7-6-8-18(17)19;/h6-13H,14-15H2,1-5H3,(H2,24,25,26);1H. The van der Waals surface area contributed by atoms with Gasteiger partial charge in [0.1, 0.15) is 5.82 Å². The summed E-state index contributed by atoms with van der Waals surface area (Å²) in [5.74, 6) is 3.07. The zero-order valence-corrected chi connectivity index (χ0v) is 20.9. The van der Waals surface area contributed by atoms with E-state index in [1.165, 1.54) is 5.56 Å². The monoisotopic (exact) mass is 535 g/mol. The summed E-state index contributed by atoms with van der Waals surface area (Å²) in [5.41, 5.74) is 3.21. The number of ether oxygens (including phenoxy) is 2. The Morgan fingerprint density at radius 3 is 2.35 bits per heavy atom. The van der Waals surface area contributed by atoms with Gasteiger partial charge in [-0.25, -0.2) is 4.98 Å². The molecule has 1 heterocycles. The molecule has 0 amide bonds. The summed E-state index contributed by atoms with van der Waals surface area (Å²) >= 11 is 0. The summed E-state index contributed by atoms with van der Waals surface area (Å²) < 4.78 is 10.7. The van der Waals surface area contributed by atoms with Crippen LogP contribution < -0.4 is 25.0 Å². The quantitative estimate of drug-likeness (QED) is 0.273. The second kappa shape index (κ2) is 11.6. The average molecular weight is 535 g/mol. The fraction of sp³-hybridized carbons (Fsp3) is 0.304. The number of nitrogens with one attached hydrogen (secondary N) is 2. The molecule has 2 N–H and O–H groups in total. The number of guanidine groups is 1. The predicted octanol–water partition coefficient (Wildman–Crippen LogP) is 3.80. The van der Waals surface area contributed by atoms with Crippen LogP contribution in [-0.2, 0) is 13.1 Å². The van der Waals surface area contributed by atoms with Crippen molar-refractivity contribution >= 4 is 46.7 Å². The van der Waals surface area contributed by atoms with Gasteiger partial charge in [0.05, 0.1) is 19.7 Å². The number of fused-ring (bicyclic) bond motifs is 1. The maximum Gasteiger partial charge on any atom is 0.191 e. The molecule has 0 fully saturated rings. The number of rotatable bonds is 7. The molecule has 0 aliphatic rings. The minimum Gasteiger partial charge on any atom is -0.493 e. The lowest BCUT2D eigenvalue weighted by Gasteiger charge is -2.17. The fourth-order valence-corrected chi connectivity index (χ4v) is 3.18. The molecule has 0 spiro atoms. The van der Waals surface area contributed by atoms with Gasteiger partial charge >= 0.3 is 0 Å². The maximum atomic E-state index is 5.38. The van der Waals surface area contributed by atoms with Crippen LogP contribution in [0.25, 0.3) is 10.9 Å². The molecule has 1 aromatic heterocycles. The SMILES string of the molecule is CN=C(NCc1ccc(OC)c(OC)c1)NCc1cc(N(C)C)nc2ccccc12.I. The van der Waals surface area contributed by atoms with Crippen molar-refractivity contribution in [3.05, 3.63) is 59.7 Å².